The number of aliphatic hydroxyl groups excluding tert-OH is 1. The molecule has 0 unspecified atom stereocenters. The summed E-state index contributed by atoms with van der Waals surface area (Å²) < 4.78 is 0. The van der Waals surface area contributed by atoms with Gasteiger partial charge in [-0.3, -0.25) is 4.98 Å². The van der Waals surface area contributed by atoms with Gasteiger partial charge in [-0.25, -0.2) is 0 Å². The molecule has 0 saturated carbocycles. The summed E-state index contributed by atoms with van der Waals surface area (Å²) in [6.07, 6.45) is 4.56. The molecule has 0 spiro atoms. The lowest BCUT2D eigenvalue weighted by Crippen LogP contribution is -2.41. The van der Waals surface area contributed by atoms with Crippen LogP contribution < -0.4 is 4.90 Å². The van der Waals surface area contributed by atoms with Crippen molar-refractivity contribution in [3.8, 4) is 0 Å². The first kappa shape index (κ1) is 12.0. The molecule has 0 amide bonds. The molecule has 84 valence electrons. The second-order valence-electron chi connectivity index (χ2n) is 4.39. The summed E-state index contributed by atoms with van der Waals surface area (Å²) in [5, 5.41) is 9.25. The highest BCUT2D eigenvalue weighted by Gasteiger charge is 2.23. The van der Waals surface area contributed by atoms with Gasteiger partial charge in [-0.2, -0.15) is 0 Å². The van der Waals surface area contributed by atoms with Crippen molar-refractivity contribution in [2.45, 2.75) is 39.3 Å². The fourth-order valence-corrected chi connectivity index (χ4v) is 1.41. The first-order valence-electron chi connectivity index (χ1n) is 5.30. The first-order chi connectivity index (χ1) is 7.03. The molecule has 0 saturated heterocycles. The largest absolute Gasteiger partial charge is 0.392 e. The van der Waals surface area contributed by atoms with Gasteiger partial charge in [0, 0.05) is 24.3 Å². The number of aromatic nitrogens is 1. The van der Waals surface area contributed by atoms with Crippen molar-refractivity contribution in [1.29, 1.82) is 0 Å². The summed E-state index contributed by atoms with van der Waals surface area (Å²) >= 11 is 0. The highest BCUT2D eigenvalue weighted by atomic mass is 16.3. The van der Waals surface area contributed by atoms with E-state index in [4.69, 9.17) is 0 Å². The molecule has 0 bridgehead atoms. The van der Waals surface area contributed by atoms with Crippen LogP contribution in [0.4, 0.5) is 5.69 Å². The Balaban J connectivity index is 3.05. The van der Waals surface area contributed by atoms with Crippen molar-refractivity contribution in [2.75, 3.05) is 11.9 Å². The van der Waals surface area contributed by atoms with Crippen LogP contribution in [0.3, 0.4) is 0 Å². The molecule has 0 atom stereocenters. The lowest BCUT2D eigenvalue weighted by molar-refractivity contribution is 0.281. The van der Waals surface area contributed by atoms with Crippen LogP contribution in [0, 0.1) is 0 Å². The Morgan fingerprint density at radius 2 is 2.13 bits per heavy atom. The molecule has 0 aliphatic rings. The third kappa shape index (κ3) is 2.48. The Labute approximate surface area is 91.8 Å². The smallest absolute Gasteiger partial charge is 0.0703 e. The topological polar surface area (TPSA) is 36.4 Å². The zero-order chi connectivity index (χ0) is 11.5. The molecule has 1 aromatic heterocycles. The van der Waals surface area contributed by atoms with Gasteiger partial charge in [-0.15, -0.1) is 0 Å². The highest BCUT2D eigenvalue weighted by molar-refractivity contribution is 5.52. The fourth-order valence-electron chi connectivity index (χ4n) is 1.41. The van der Waals surface area contributed by atoms with Gasteiger partial charge in [0.2, 0.25) is 0 Å². The molecule has 0 aliphatic carbocycles. The zero-order valence-electron chi connectivity index (χ0n) is 9.99. The predicted octanol–water partition coefficient (Wildman–Crippen LogP) is 2.20. The maximum Gasteiger partial charge on any atom is 0.0703 e. The summed E-state index contributed by atoms with van der Waals surface area (Å²) in [5.74, 6) is 0. The number of rotatable bonds is 4. The minimum atomic E-state index is 0.0575. The maximum absolute atomic E-state index is 9.25. The normalized spacial score (nSPS) is 11.5. The molecular formula is C12H20N2O. The van der Waals surface area contributed by atoms with Gasteiger partial charge in [-0.05, 0) is 26.3 Å². The number of hydrogen-bond acceptors (Lipinski definition) is 3. The zero-order valence-corrected chi connectivity index (χ0v) is 9.99. The first-order valence-corrected chi connectivity index (χ1v) is 5.30. The number of anilines is 1. The Morgan fingerprint density at radius 3 is 2.67 bits per heavy atom. The average Bonchev–Trinajstić information content (AvgIpc) is 2.28. The van der Waals surface area contributed by atoms with Crippen LogP contribution in [0.5, 0.6) is 0 Å². The molecule has 0 aromatic carbocycles. The minimum Gasteiger partial charge on any atom is -0.392 e. The van der Waals surface area contributed by atoms with Gasteiger partial charge in [0.15, 0.2) is 0 Å². The van der Waals surface area contributed by atoms with Crippen LogP contribution in [0.2, 0.25) is 0 Å². The second-order valence-corrected chi connectivity index (χ2v) is 4.39. The molecule has 15 heavy (non-hydrogen) atoms. The molecule has 1 heterocycles. The van der Waals surface area contributed by atoms with Crippen LogP contribution >= 0.6 is 0 Å². The SMILES string of the molecule is CCC(C)(C)N(C)c1cnccc1CO. The van der Waals surface area contributed by atoms with Crippen molar-refractivity contribution in [1.82, 2.24) is 4.98 Å². The van der Waals surface area contributed by atoms with E-state index >= 15 is 0 Å². The summed E-state index contributed by atoms with van der Waals surface area (Å²) in [7, 11) is 2.04. The van der Waals surface area contributed by atoms with Crippen molar-refractivity contribution in [2.24, 2.45) is 0 Å². The molecule has 0 aliphatic heterocycles. The molecule has 1 aromatic rings. The fraction of sp³-hybridized carbons (Fsp3) is 0.583. The van der Waals surface area contributed by atoms with Crippen LogP contribution in [0.15, 0.2) is 18.5 Å². The van der Waals surface area contributed by atoms with Crippen LogP contribution in [-0.4, -0.2) is 22.7 Å². The highest BCUT2D eigenvalue weighted by Crippen LogP contribution is 2.26. The van der Waals surface area contributed by atoms with Crippen molar-refractivity contribution < 1.29 is 5.11 Å². The molecule has 3 nitrogen and oxygen atoms in total. The van der Waals surface area contributed by atoms with Gasteiger partial charge in [0.05, 0.1) is 18.5 Å². The summed E-state index contributed by atoms with van der Waals surface area (Å²) in [4.78, 5) is 6.28. The number of aliphatic hydroxyl groups is 1. The van der Waals surface area contributed by atoms with E-state index in [1.165, 1.54) is 0 Å². The van der Waals surface area contributed by atoms with E-state index in [-0.39, 0.29) is 12.1 Å². The van der Waals surface area contributed by atoms with Gasteiger partial charge in [0.25, 0.3) is 0 Å². The molecule has 0 radical (unpaired) electrons. The van der Waals surface area contributed by atoms with E-state index < -0.39 is 0 Å². The lowest BCUT2D eigenvalue weighted by Gasteiger charge is -2.37. The molecule has 1 rings (SSSR count). The Morgan fingerprint density at radius 1 is 1.47 bits per heavy atom. The van der Waals surface area contributed by atoms with Crippen molar-refractivity contribution in [3.63, 3.8) is 0 Å². The number of pyridine rings is 1. The van der Waals surface area contributed by atoms with Gasteiger partial charge in [0.1, 0.15) is 0 Å². The van der Waals surface area contributed by atoms with E-state index in [2.05, 4.69) is 30.7 Å². The molecule has 1 N–H and O–H groups in total. The molecule has 0 fully saturated rings. The third-order valence-corrected chi connectivity index (χ3v) is 3.19. The standard InChI is InChI=1S/C12H20N2O/c1-5-12(2,3)14(4)11-8-13-7-6-10(11)9-15/h6-8,15H,5,9H2,1-4H3. The quantitative estimate of drug-likeness (QED) is 0.824. The Bertz CT molecular complexity index is 323. The maximum atomic E-state index is 9.25. The van der Waals surface area contributed by atoms with E-state index in [0.717, 1.165) is 17.7 Å². The Hall–Kier alpha value is -1.09. The van der Waals surface area contributed by atoms with E-state index in [1.54, 1.807) is 6.20 Å². The van der Waals surface area contributed by atoms with Gasteiger partial charge in [-0.1, -0.05) is 6.92 Å². The number of hydrogen-bond donors (Lipinski definition) is 1. The molecular weight excluding hydrogens is 188 g/mol. The summed E-state index contributed by atoms with van der Waals surface area (Å²) in [6, 6.07) is 1.86. The van der Waals surface area contributed by atoms with Crippen LogP contribution in [-0.2, 0) is 6.61 Å². The van der Waals surface area contributed by atoms with Crippen LogP contribution in [0.1, 0.15) is 32.8 Å². The second kappa shape index (κ2) is 4.62. The summed E-state index contributed by atoms with van der Waals surface area (Å²) in [6.45, 7) is 6.58. The average molecular weight is 208 g/mol. The van der Waals surface area contributed by atoms with Gasteiger partial charge < -0.3 is 10.0 Å². The summed E-state index contributed by atoms with van der Waals surface area (Å²) in [5.41, 5.74) is 2.01. The minimum absolute atomic E-state index is 0.0575. The number of nitrogens with zero attached hydrogens (tertiary/aromatic N) is 2. The Kier molecular flexibility index (Phi) is 3.69. The monoisotopic (exact) mass is 208 g/mol. The van der Waals surface area contributed by atoms with E-state index in [0.29, 0.717) is 0 Å². The van der Waals surface area contributed by atoms with Crippen LogP contribution in [0.25, 0.3) is 0 Å². The van der Waals surface area contributed by atoms with Crippen molar-refractivity contribution in [3.05, 3.63) is 24.0 Å². The predicted molar refractivity (Wildman–Crippen MR) is 62.9 cm³/mol. The molecule has 3 heteroatoms. The van der Waals surface area contributed by atoms with Crippen molar-refractivity contribution >= 4 is 5.69 Å². The van der Waals surface area contributed by atoms with E-state index in [1.807, 2.05) is 19.3 Å². The van der Waals surface area contributed by atoms with E-state index in [9.17, 15) is 5.11 Å². The third-order valence-electron chi connectivity index (χ3n) is 3.19. The van der Waals surface area contributed by atoms with Gasteiger partial charge >= 0.3 is 0 Å². The lowest BCUT2D eigenvalue weighted by atomic mass is 9.98.